The molecule has 0 spiro atoms. The minimum absolute atomic E-state index is 0.0129. The van der Waals surface area contributed by atoms with Crippen molar-refractivity contribution >= 4 is 10.0 Å². The molecule has 0 fully saturated rings. The highest BCUT2D eigenvalue weighted by atomic mass is 32.2. The maximum Gasteiger partial charge on any atom is 0.210 e. The lowest BCUT2D eigenvalue weighted by atomic mass is 10.0. The summed E-state index contributed by atoms with van der Waals surface area (Å²) >= 11 is 0. The van der Waals surface area contributed by atoms with Gasteiger partial charge in [0.2, 0.25) is 10.0 Å². The third-order valence-electron chi connectivity index (χ3n) is 2.06. The maximum absolute atomic E-state index is 10.6. The molecule has 0 aliphatic heterocycles. The highest BCUT2D eigenvalue weighted by molar-refractivity contribution is 7.89. The Bertz CT molecular complexity index is 237. The number of sulfonamides is 1. The monoisotopic (exact) mass is 222 g/mol. The zero-order valence-corrected chi connectivity index (χ0v) is 10.1. The first-order valence-electron chi connectivity index (χ1n) is 5.05. The molecule has 0 aliphatic carbocycles. The van der Waals surface area contributed by atoms with Crippen LogP contribution in [0.25, 0.3) is 0 Å². The SMILES string of the molecule is CC(C)CCC(C)NCCS(N)(=O)=O. The lowest BCUT2D eigenvalue weighted by Crippen LogP contribution is -2.33. The van der Waals surface area contributed by atoms with Crippen molar-refractivity contribution in [3.63, 3.8) is 0 Å². The van der Waals surface area contributed by atoms with E-state index in [1.807, 2.05) is 0 Å². The van der Waals surface area contributed by atoms with Crippen molar-refractivity contribution in [1.82, 2.24) is 5.32 Å². The third kappa shape index (κ3) is 9.95. The van der Waals surface area contributed by atoms with Crippen LogP contribution in [0.2, 0.25) is 0 Å². The standard InChI is InChI=1S/C9H22N2O2S/c1-8(2)4-5-9(3)11-6-7-14(10,12)13/h8-9,11H,4-7H2,1-3H3,(H2,10,12,13). The average Bonchev–Trinajstić information content (AvgIpc) is 1.98. The van der Waals surface area contributed by atoms with E-state index in [-0.39, 0.29) is 5.75 Å². The molecule has 1 atom stereocenters. The van der Waals surface area contributed by atoms with Crippen molar-refractivity contribution in [2.45, 2.75) is 39.7 Å². The summed E-state index contributed by atoms with van der Waals surface area (Å²) in [5, 5.41) is 8.01. The van der Waals surface area contributed by atoms with Gasteiger partial charge < -0.3 is 5.32 Å². The summed E-state index contributed by atoms with van der Waals surface area (Å²) in [6, 6.07) is 0.360. The lowest BCUT2D eigenvalue weighted by molar-refractivity contribution is 0.459. The van der Waals surface area contributed by atoms with Gasteiger partial charge in [0.25, 0.3) is 0 Å². The van der Waals surface area contributed by atoms with E-state index in [0.717, 1.165) is 12.8 Å². The summed E-state index contributed by atoms with van der Waals surface area (Å²) in [4.78, 5) is 0. The Morgan fingerprint density at radius 1 is 1.21 bits per heavy atom. The molecule has 0 aromatic heterocycles. The number of rotatable bonds is 7. The fraction of sp³-hybridized carbons (Fsp3) is 1.00. The van der Waals surface area contributed by atoms with Gasteiger partial charge in [-0.3, -0.25) is 0 Å². The molecule has 86 valence electrons. The molecule has 1 unspecified atom stereocenters. The van der Waals surface area contributed by atoms with E-state index >= 15 is 0 Å². The maximum atomic E-state index is 10.6. The molecule has 14 heavy (non-hydrogen) atoms. The van der Waals surface area contributed by atoms with E-state index < -0.39 is 10.0 Å². The van der Waals surface area contributed by atoms with Gasteiger partial charge in [0.15, 0.2) is 0 Å². The van der Waals surface area contributed by atoms with Crippen molar-refractivity contribution in [3.05, 3.63) is 0 Å². The second-order valence-corrected chi connectivity index (χ2v) is 5.93. The van der Waals surface area contributed by atoms with E-state index in [4.69, 9.17) is 5.14 Å². The Labute approximate surface area is 87.3 Å². The van der Waals surface area contributed by atoms with Crippen LogP contribution in [-0.2, 0) is 10.0 Å². The van der Waals surface area contributed by atoms with Gasteiger partial charge in [-0.25, -0.2) is 13.6 Å². The highest BCUT2D eigenvalue weighted by Crippen LogP contribution is 2.05. The normalized spacial score (nSPS) is 14.6. The van der Waals surface area contributed by atoms with Crippen LogP contribution >= 0.6 is 0 Å². The summed E-state index contributed by atoms with van der Waals surface area (Å²) in [5.41, 5.74) is 0. The molecule has 0 amide bonds. The number of hydrogen-bond acceptors (Lipinski definition) is 3. The molecule has 0 aromatic carbocycles. The second-order valence-electron chi connectivity index (χ2n) is 4.19. The van der Waals surface area contributed by atoms with Gasteiger partial charge >= 0.3 is 0 Å². The Balaban J connectivity index is 3.50. The summed E-state index contributed by atoms with van der Waals surface area (Å²) in [5.74, 6) is 0.705. The molecule has 0 aliphatic rings. The van der Waals surface area contributed by atoms with Crippen molar-refractivity contribution in [1.29, 1.82) is 0 Å². The second kappa shape index (κ2) is 6.37. The van der Waals surface area contributed by atoms with Crippen LogP contribution in [0.3, 0.4) is 0 Å². The summed E-state index contributed by atoms with van der Waals surface area (Å²) < 4.78 is 21.2. The molecule has 0 rings (SSSR count). The first-order valence-corrected chi connectivity index (χ1v) is 6.76. The summed E-state index contributed by atoms with van der Waals surface area (Å²) in [6.07, 6.45) is 2.23. The van der Waals surface area contributed by atoms with E-state index in [2.05, 4.69) is 26.1 Å². The predicted octanol–water partition coefficient (Wildman–Crippen LogP) is 0.689. The van der Waals surface area contributed by atoms with Gasteiger partial charge in [-0.2, -0.15) is 0 Å². The quantitative estimate of drug-likeness (QED) is 0.665. The molecule has 3 N–H and O–H groups in total. The molecular weight excluding hydrogens is 200 g/mol. The summed E-state index contributed by atoms with van der Waals surface area (Å²) in [6.45, 7) is 6.86. The highest BCUT2D eigenvalue weighted by Gasteiger charge is 2.05. The van der Waals surface area contributed by atoms with Crippen LogP contribution in [0.15, 0.2) is 0 Å². The third-order valence-corrected chi connectivity index (χ3v) is 2.83. The Hall–Kier alpha value is -0.130. The number of nitrogens with two attached hydrogens (primary N) is 1. The first-order chi connectivity index (χ1) is 6.31. The zero-order valence-electron chi connectivity index (χ0n) is 9.29. The van der Waals surface area contributed by atoms with E-state index in [1.54, 1.807) is 0 Å². The van der Waals surface area contributed by atoms with Gasteiger partial charge in [0.1, 0.15) is 0 Å². The van der Waals surface area contributed by atoms with Crippen LogP contribution in [0.4, 0.5) is 0 Å². The molecule has 0 radical (unpaired) electrons. The fourth-order valence-electron chi connectivity index (χ4n) is 1.13. The zero-order chi connectivity index (χ0) is 11.2. The van der Waals surface area contributed by atoms with Gasteiger partial charge in [0.05, 0.1) is 5.75 Å². The van der Waals surface area contributed by atoms with E-state index in [1.165, 1.54) is 0 Å². The minimum Gasteiger partial charge on any atom is -0.313 e. The Morgan fingerprint density at radius 2 is 1.79 bits per heavy atom. The summed E-state index contributed by atoms with van der Waals surface area (Å²) in [7, 11) is -3.31. The van der Waals surface area contributed by atoms with Gasteiger partial charge in [-0.05, 0) is 25.7 Å². The van der Waals surface area contributed by atoms with Crippen LogP contribution in [0.1, 0.15) is 33.6 Å². The molecule has 0 bridgehead atoms. The van der Waals surface area contributed by atoms with Crippen molar-refractivity contribution < 1.29 is 8.42 Å². The molecule has 5 heteroatoms. The topological polar surface area (TPSA) is 72.2 Å². The Kier molecular flexibility index (Phi) is 6.31. The van der Waals surface area contributed by atoms with Gasteiger partial charge in [-0.1, -0.05) is 13.8 Å². The fourth-order valence-corrected chi connectivity index (χ4v) is 1.54. The van der Waals surface area contributed by atoms with E-state index in [9.17, 15) is 8.42 Å². The van der Waals surface area contributed by atoms with Gasteiger partial charge in [0, 0.05) is 12.6 Å². The predicted molar refractivity (Wildman–Crippen MR) is 59.5 cm³/mol. The average molecular weight is 222 g/mol. The van der Waals surface area contributed by atoms with Crippen LogP contribution in [0, 0.1) is 5.92 Å². The van der Waals surface area contributed by atoms with Gasteiger partial charge in [-0.15, -0.1) is 0 Å². The Morgan fingerprint density at radius 3 is 2.21 bits per heavy atom. The van der Waals surface area contributed by atoms with Crippen molar-refractivity contribution in [2.75, 3.05) is 12.3 Å². The van der Waals surface area contributed by atoms with Crippen molar-refractivity contribution in [3.8, 4) is 0 Å². The largest absolute Gasteiger partial charge is 0.313 e. The molecule has 0 saturated heterocycles. The molecule has 0 aromatic rings. The minimum atomic E-state index is -3.31. The van der Waals surface area contributed by atoms with Crippen LogP contribution < -0.4 is 10.5 Å². The number of nitrogens with one attached hydrogen (secondary N) is 1. The lowest BCUT2D eigenvalue weighted by Gasteiger charge is -2.14. The molecule has 0 heterocycles. The number of primary sulfonamides is 1. The first kappa shape index (κ1) is 13.9. The van der Waals surface area contributed by atoms with Crippen molar-refractivity contribution in [2.24, 2.45) is 11.1 Å². The van der Waals surface area contributed by atoms with Crippen LogP contribution in [-0.4, -0.2) is 26.8 Å². The number of hydrogen-bond donors (Lipinski definition) is 2. The van der Waals surface area contributed by atoms with E-state index in [0.29, 0.717) is 18.5 Å². The molecular formula is C9H22N2O2S. The van der Waals surface area contributed by atoms with Crippen LogP contribution in [0.5, 0.6) is 0 Å². The molecule has 0 saturated carbocycles. The smallest absolute Gasteiger partial charge is 0.210 e. The molecule has 4 nitrogen and oxygen atoms in total.